The van der Waals surface area contributed by atoms with Crippen LogP contribution in [0.15, 0.2) is 479 Å². The molecule has 632 valence electrons. The van der Waals surface area contributed by atoms with Crippen LogP contribution in [0.5, 0.6) is 0 Å². The van der Waals surface area contributed by atoms with E-state index in [9.17, 15) is 0 Å². The van der Waals surface area contributed by atoms with E-state index in [-0.39, 0.29) is 0 Å². The summed E-state index contributed by atoms with van der Waals surface area (Å²) in [5, 5.41) is 15.8. The number of rotatable bonds is 8. The Labute approximate surface area is 773 Å². The normalized spacial score (nSPS) is 11.3. The van der Waals surface area contributed by atoms with Crippen molar-refractivity contribution >= 4 is 141 Å². The topological polar surface area (TPSA) is 24.6 Å². The summed E-state index contributed by atoms with van der Waals surface area (Å²) in [7, 11) is 0. The van der Waals surface area contributed by atoms with Gasteiger partial charge in [0.05, 0.1) is 55.2 Å². The van der Waals surface area contributed by atoms with Gasteiger partial charge in [-0.25, -0.2) is 0 Å². The SMILES string of the molecule is Cc1ccc2c(c1)c1ccc(-c3ccccc3)cc1n2-c1ccccc1.Cc1ccc2c(c1)c1ccccc1n2-c1ccccc1.Cc1ccc2c(c1)sc1ccccc12.Cc1ccc2c3ccc(-c4ccccc4)cc3n(-c3ccccc3)c2c1.Cc1ccc2c3ccccc3n(-c3ccc(-c4ccccc4)cc3)c2c1.Cc1ccc2c3ccccc3n(-c3ccccc3)c2c1. The molecule has 0 N–H and O–H groups in total. The monoisotopic (exact) mass is 1710 g/mol. The van der Waals surface area contributed by atoms with Gasteiger partial charge in [-0.1, -0.05) is 345 Å². The maximum absolute atomic E-state index is 2.38. The lowest BCUT2D eigenvalue weighted by Gasteiger charge is -2.09. The van der Waals surface area contributed by atoms with Crippen molar-refractivity contribution in [1.29, 1.82) is 0 Å². The standard InChI is InChI=1S/3C25H19N.2C19H15N.C13H10S/c1-18-12-15-24-23(16-18)22-14-13-20(19-8-4-2-5-9-19)17-25(22)26(24)21-10-6-3-7-11-21;1-18-12-14-22-23-15-13-20(19-8-4-2-5-9-19)17-25(23)26(24(22)16-18)21-10-6-3-7-11-21;1-18-11-16-23-22-9-5-6-10-24(22)26(25(23)17-18)21-14-12-20(13-15-21)19-7-3-2-4-8-19;1-14-11-12-19-17(13-14)16-9-5-6-10-18(16)20(19)15-7-3-2-4-8-15;1-14-11-12-17-16-9-5-6-10-18(16)20(19(17)13-14)15-7-3-2-4-8-15;1-9-6-7-11-10-4-2-3-5-12(10)14-13(11)8-9/h3*2-17H,1H3;2*2-13H,1H3;2-8H,1H3. The highest BCUT2D eigenvalue weighted by molar-refractivity contribution is 7.25. The van der Waals surface area contributed by atoms with Gasteiger partial charge in [0.1, 0.15) is 0 Å². The fourth-order valence-corrected chi connectivity index (χ4v) is 20.3. The van der Waals surface area contributed by atoms with Gasteiger partial charge in [0.15, 0.2) is 0 Å². The highest BCUT2D eigenvalue weighted by Gasteiger charge is 2.20. The molecule has 6 heterocycles. The third-order valence-electron chi connectivity index (χ3n) is 25.4. The summed E-state index contributed by atoms with van der Waals surface area (Å²) in [5.41, 5.74) is 33.8. The van der Waals surface area contributed by atoms with Crippen molar-refractivity contribution < 1.29 is 0 Å². The Balaban J connectivity index is 0.0000000964. The maximum atomic E-state index is 2.38. The minimum atomic E-state index is 1.20. The molecule has 20 aromatic carbocycles. The number of fused-ring (bicyclic) bond motifs is 18. The Kier molecular flexibility index (Phi) is 22.8. The fourth-order valence-electron chi connectivity index (χ4n) is 19.1. The van der Waals surface area contributed by atoms with Gasteiger partial charge in [-0.05, 0) is 243 Å². The van der Waals surface area contributed by atoms with Crippen LogP contribution in [0.25, 0.3) is 191 Å². The van der Waals surface area contributed by atoms with Crippen LogP contribution in [0.4, 0.5) is 0 Å². The van der Waals surface area contributed by atoms with Crippen LogP contribution < -0.4 is 0 Å². The number of nitrogens with zero attached hydrogens (tertiary/aromatic N) is 5. The third kappa shape index (κ3) is 16.3. The molecule has 0 unspecified atom stereocenters. The Morgan fingerprint density at radius 3 is 0.735 bits per heavy atom. The van der Waals surface area contributed by atoms with Crippen molar-refractivity contribution in [3.05, 3.63) is 513 Å². The van der Waals surface area contributed by atoms with Gasteiger partial charge in [-0.2, -0.15) is 0 Å². The molecule has 0 bridgehead atoms. The van der Waals surface area contributed by atoms with Crippen LogP contribution in [-0.2, 0) is 0 Å². The molecule has 0 amide bonds. The summed E-state index contributed by atoms with van der Waals surface area (Å²) in [4.78, 5) is 0. The summed E-state index contributed by atoms with van der Waals surface area (Å²) in [5.74, 6) is 0. The molecule has 6 aromatic heterocycles. The van der Waals surface area contributed by atoms with Gasteiger partial charge < -0.3 is 22.8 Å². The van der Waals surface area contributed by atoms with Gasteiger partial charge in [0.2, 0.25) is 0 Å². The Morgan fingerprint density at radius 2 is 0.348 bits per heavy atom. The first kappa shape index (κ1) is 82.6. The van der Waals surface area contributed by atoms with E-state index < -0.39 is 0 Å². The molecule has 5 nitrogen and oxygen atoms in total. The van der Waals surface area contributed by atoms with Gasteiger partial charge in [-0.3, -0.25) is 0 Å². The molecule has 0 saturated heterocycles. The van der Waals surface area contributed by atoms with E-state index in [1.54, 1.807) is 0 Å². The second kappa shape index (κ2) is 36.4. The summed E-state index contributed by atoms with van der Waals surface area (Å²) in [6, 6.07) is 171. The number of hydrogen-bond donors (Lipinski definition) is 0. The average molecular weight is 1710 g/mol. The first-order valence-electron chi connectivity index (χ1n) is 45.4. The average Bonchev–Trinajstić information content (AvgIpc) is 1.59. The minimum Gasteiger partial charge on any atom is -0.309 e. The smallest absolute Gasteiger partial charge is 0.0547 e. The second-order valence-corrected chi connectivity index (χ2v) is 35.5. The fraction of sp³-hybridized carbons (Fsp3) is 0.0476. The highest BCUT2D eigenvalue weighted by atomic mass is 32.1. The van der Waals surface area contributed by atoms with Crippen LogP contribution in [0.2, 0.25) is 0 Å². The van der Waals surface area contributed by atoms with Crippen LogP contribution in [-0.4, -0.2) is 22.8 Å². The molecule has 0 saturated carbocycles. The van der Waals surface area contributed by atoms with Crippen LogP contribution >= 0.6 is 11.3 Å². The van der Waals surface area contributed by atoms with E-state index in [4.69, 9.17) is 0 Å². The second-order valence-electron chi connectivity index (χ2n) is 34.4. The molecule has 0 atom stereocenters. The zero-order chi connectivity index (χ0) is 89.1. The van der Waals surface area contributed by atoms with Gasteiger partial charge in [0, 0.05) is 102 Å². The first-order chi connectivity index (χ1) is 65.0. The molecule has 0 fully saturated rings. The molecule has 26 aromatic rings. The molecular weight excluding hydrogens is 1620 g/mol. The summed E-state index contributed by atoms with van der Waals surface area (Å²) >= 11 is 1.88. The van der Waals surface area contributed by atoms with Gasteiger partial charge in [-0.15, -0.1) is 11.3 Å². The lowest BCUT2D eigenvalue weighted by molar-refractivity contribution is 1.18. The van der Waals surface area contributed by atoms with Crippen molar-refractivity contribution in [3.63, 3.8) is 0 Å². The molecule has 0 spiro atoms. The zero-order valence-corrected chi connectivity index (χ0v) is 75.6. The molecule has 0 aliphatic carbocycles. The predicted molar refractivity (Wildman–Crippen MR) is 568 cm³/mol. The summed E-state index contributed by atoms with van der Waals surface area (Å²) < 4.78 is 14.6. The van der Waals surface area contributed by atoms with Crippen molar-refractivity contribution in [2.45, 2.75) is 41.5 Å². The number of aromatic nitrogens is 5. The van der Waals surface area contributed by atoms with Crippen molar-refractivity contribution in [2.75, 3.05) is 0 Å². The molecular formula is C126H97N5S. The van der Waals surface area contributed by atoms with Crippen molar-refractivity contribution in [1.82, 2.24) is 22.8 Å². The number of thiophene rings is 1. The van der Waals surface area contributed by atoms with E-state index in [0.717, 1.165) is 0 Å². The van der Waals surface area contributed by atoms with E-state index in [1.807, 2.05) is 11.3 Å². The highest BCUT2D eigenvalue weighted by Crippen LogP contribution is 2.42. The van der Waals surface area contributed by atoms with Crippen LogP contribution in [0.1, 0.15) is 33.4 Å². The van der Waals surface area contributed by atoms with Crippen molar-refractivity contribution in [3.8, 4) is 61.8 Å². The number of para-hydroxylation sites is 7. The third-order valence-corrected chi connectivity index (χ3v) is 26.5. The molecule has 26 rings (SSSR count). The molecule has 0 aliphatic rings. The summed E-state index contributed by atoms with van der Waals surface area (Å²) in [6.45, 7) is 12.9. The van der Waals surface area contributed by atoms with E-state index in [0.29, 0.717) is 0 Å². The predicted octanol–water partition coefficient (Wildman–Crippen LogP) is 34.8. The lowest BCUT2D eigenvalue weighted by Crippen LogP contribution is -1.93. The first-order valence-corrected chi connectivity index (χ1v) is 46.2. The largest absolute Gasteiger partial charge is 0.309 e. The van der Waals surface area contributed by atoms with Gasteiger partial charge >= 0.3 is 0 Å². The molecule has 0 aliphatic heterocycles. The summed E-state index contributed by atoms with van der Waals surface area (Å²) in [6.07, 6.45) is 0. The minimum absolute atomic E-state index is 1.20. The van der Waals surface area contributed by atoms with E-state index in [1.165, 1.54) is 224 Å². The van der Waals surface area contributed by atoms with Crippen LogP contribution in [0.3, 0.4) is 0 Å². The maximum Gasteiger partial charge on any atom is 0.0547 e. The number of benzene rings is 20. The quantitative estimate of drug-likeness (QED) is 0.145. The Bertz CT molecular complexity index is 8600. The van der Waals surface area contributed by atoms with E-state index >= 15 is 0 Å². The lowest BCUT2D eigenvalue weighted by atomic mass is 10.0. The van der Waals surface area contributed by atoms with Crippen molar-refractivity contribution in [2.24, 2.45) is 0 Å². The molecule has 0 radical (unpaired) electrons. The number of aryl methyl sites for hydroxylation is 6. The zero-order valence-electron chi connectivity index (χ0n) is 74.8. The van der Waals surface area contributed by atoms with Crippen LogP contribution in [0, 0.1) is 41.5 Å². The molecule has 6 heteroatoms. The Morgan fingerprint density at radius 1 is 0.129 bits per heavy atom. The molecule has 132 heavy (non-hydrogen) atoms. The van der Waals surface area contributed by atoms with E-state index in [2.05, 4.69) is 544 Å². The number of hydrogen-bond acceptors (Lipinski definition) is 1. The Hall–Kier alpha value is -16.4. The van der Waals surface area contributed by atoms with Gasteiger partial charge in [0.25, 0.3) is 0 Å².